The molecule has 2 nitrogen and oxygen atoms in total. The van der Waals surface area contributed by atoms with Crippen LogP contribution in [0.4, 0.5) is 0 Å². The summed E-state index contributed by atoms with van der Waals surface area (Å²) in [6, 6.07) is 0.870. The first-order valence-electron chi connectivity index (χ1n) is 7.24. The van der Waals surface area contributed by atoms with Crippen molar-refractivity contribution < 1.29 is 0 Å². The number of nitrogens with one attached hydrogen (secondary N) is 1. The van der Waals surface area contributed by atoms with Crippen molar-refractivity contribution in [3.05, 3.63) is 0 Å². The van der Waals surface area contributed by atoms with Gasteiger partial charge in [0.05, 0.1) is 0 Å². The van der Waals surface area contributed by atoms with Crippen LogP contribution >= 0.6 is 0 Å². The average Bonchev–Trinajstić information content (AvgIpc) is 2.58. The minimum absolute atomic E-state index is 0.410. The van der Waals surface area contributed by atoms with Crippen molar-refractivity contribution in [2.45, 2.75) is 70.4 Å². The summed E-state index contributed by atoms with van der Waals surface area (Å²) in [6.07, 6.45) is 9.99. The SMILES string of the molecule is CCC1(C)CNCCN1C1CCCCCC1. The van der Waals surface area contributed by atoms with E-state index in [1.807, 2.05) is 0 Å². The molecule has 2 heteroatoms. The summed E-state index contributed by atoms with van der Waals surface area (Å²) in [5.41, 5.74) is 0.410. The van der Waals surface area contributed by atoms with E-state index < -0.39 is 0 Å². The van der Waals surface area contributed by atoms with Crippen molar-refractivity contribution >= 4 is 0 Å². The first kappa shape index (κ1) is 12.4. The lowest BCUT2D eigenvalue weighted by Gasteiger charge is -2.49. The molecule has 1 N–H and O–H groups in total. The van der Waals surface area contributed by atoms with Gasteiger partial charge >= 0.3 is 0 Å². The third-order valence-electron chi connectivity index (χ3n) is 4.76. The standard InChI is InChI=1S/C14H28N2/c1-3-14(2)12-15-10-11-16(14)13-8-6-4-5-7-9-13/h13,15H,3-12H2,1-2H3. The Morgan fingerprint density at radius 1 is 1.19 bits per heavy atom. The Morgan fingerprint density at radius 2 is 1.88 bits per heavy atom. The van der Waals surface area contributed by atoms with Gasteiger partial charge in [0.15, 0.2) is 0 Å². The van der Waals surface area contributed by atoms with Gasteiger partial charge in [-0.25, -0.2) is 0 Å². The Kier molecular flexibility index (Phi) is 4.26. The van der Waals surface area contributed by atoms with Crippen molar-refractivity contribution in [2.75, 3.05) is 19.6 Å². The van der Waals surface area contributed by atoms with Gasteiger partial charge in [-0.05, 0) is 26.2 Å². The van der Waals surface area contributed by atoms with Crippen molar-refractivity contribution in [1.29, 1.82) is 0 Å². The first-order chi connectivity index (χ1) is 7.76. The van der Waals surface area contributed by atoms with Crippen LogP contribution in [0.15, 0.2) is 0 Å². The van der Waals surface area contributed by atoms with Crippen LogP contribution in [0.1, 0.15) is 58.8 Å². The number of hydrogen-bond donors (Lipinski definition) is 1. The molecule has 0 radical (unpaired) electrons. The number of rotatable bonds is 2. The van der Waals surface area contributed by atoms with E-state index in [-0.39, 0.29) is 0 Å². The third-order valence-corrected chi connectivity index (χ3v) is 4.76. The van der Waals surface area contributed by atoms with Gasteiger partial charge in [0.1, 0.15) is 0 Å². The largest absolute Gasteiger partial charge is 0.314 e. The molecular weight excluding hydrogens is 196 g/mol. The highest BCUT2D eigenvalue weighted by Crippen LogP contribution is 2.30. The van der Waals surface area contributed by atoms with Gasteiger partial charge in [-0.2, -0.15) is 0 Å². The van der Waals surface area contributed by atoms with Crippen LogP contribution in [-0.2, 0) is 0 Å². The second-order valence-electron chi connectivity index (χ2n) is 5.87. The van der Waals surface area contributed by atoms with Crippen molar-refractivity contribution in [2.24, 2.45) is 0 Å². The molecular formula is C14H28N2. The maximum absolute atomic E-state index is 3.57. The second kappa shape index (κ2) is 5.50. The molecule has 1 saturated carbocycles. The number of hydrogen-bond acceptors (Lipinski definition) is 2. The van der Waals surface area contributed by atoms with E-state index in [0.717, 1.165) is 6.04 Å². The Labute approximate surface area is 101 Å². The Bertz CT molecular complexity index is 209. The van der Waals surface area contributed by atoms with Crippen LogP contribution in [0.5, 0.6) is 0 Å². The van der Waals surface area contributed by atoms with Crippen molar-refractivity contribution in [1.82, 2.24) is 10.2 Å². The molecule has 0 aromatic heterocycles. The highest BCUT2D eigenvalue weighted by atomic mass is 15.3. The zero-order valence-corrected chi connectivity index (χ0v) is 11.1. The van der Waals surface area contributed by atoms with Gasteiger partial charge in [0.2, 0.25) is 0 Å². The zero-order chi connectivity index (χ0) is 11.4. The minimum Gasteiger partial charge on any atom is -0.314 e. The van der Waals surface area contributed by atoms with Crippen LogP contribution in [0.2, 0.25) is 0 Å². The summed E-state index contributed by atoms with van der Waals surface area (Å²) in [6.45, 7) is 8.42. The Morgan fingerprint density at radius 3 is 2.50 bits per heavy atom. The summed E-state index contributed by atoms with van der Waals surface area (Å²) in [5, 5.41) is 3.57. The first-order valence-corrected chi connectivity index (χ1v) is 7.24. The lowest BCUT2D eigenvalue weighted by molar-refractivity contribution is 0.0227. The lowest BCUT2D eigenvalue weighted by atomic mass is 9.90. The molecule has 1 unspecified atom stereocenters. The van der Waals surface area contributed by atoms with Gasteiger partial charge in [-0.3, -0.25) is 4.90 Å². The fourth-order valence-electron chi connectivity index (χ4n) is 3.45. The van der Waals surface area contributed by atoms with Crippen LogP contribution in [0.25, 0.3) is 0 Å². The molecule has 1 atom stereocenters. The van der Waals surface area contributed by atoms with Crippen LogP contribution in [0, 0.1) is 0 Å². The molecule has 0 aromatic carbocycles. The molecule has 0 amide bonds. The molecule has 2 aliphatic rings. The van der Waals surface area contributed by atoms with E-state index in [4.69, 9.17) is 0 Å². The highest BCUT2D eigenvalue weighted by Gasteiger charge is 2.36. The van der Waals surface area contributed by atoms with E-state index in [1.54, 1.807) is 0 Å². The van der Waals surface area contributed by atoms with Gasteiger partial charge < -0.3 is 5.32 Å². The van der Waals surface area contributed by atoms with Crippen molar-refractivity contribution in [3.8, 4) is 0 Å². The van der Waals surface area contributed by atoms with Crippen LogP contribution in [-0.4, -0.2) is 36.1 Å². The minimum atomic E-state index is 0.410. The maximum atomic E-state index is 3.57. The molecule has 0 spiro atoms. The molecule has 2 rings (SSSR count). The molecule has 94 valence electrons. The fraction of sp³-hybridized carbons (Fsp3) is 1.00. The molecule has 0 bridgehead atoms. The number of piperazine rings is 1. The van der Waals surface area contributed by atoms with Gasteiger partial charge in [0, 0.05) is 31.2 Å². The lowest BCUT2D eigenvalue weighted by Crippen LogP contribution is -2.62. The van der Waals surface area contributed by atoms with Crippen LogP contribution < -0.4 is 5.32 Å². The maximum Gasteiger partial charge on any atom is 0.0306 e. The van der Waals surface area contributed by atoms with Gasteiger partial charge in [0.25, 0.3) is 0 Å². The molecule has 16 heavy (non-hydrogen) atoms. The predicted molar refractivity (Wildman–Crippen MR) is 69.8 cm³/mol. The monoisotopic (exact) mass is 224 g/mol. The summed E-state index contributed by atoms with van der Waals surface area (Å²) in [4.78, 5) is 2.83. The molecule has 2 fully saturated rings. The molecule has 1 saturated heterocycles. The summed E-state index contributed by atoms with van der Waals surface area (Å²) >= 11 is 0. The predicted octanol–water partition coefficient (Wildman–Crippen LogP) is 2.78. The topological polar surface area (TPSA) is 15.3 Å². The Balaban J connectivity index is 2.03. The summed E-state index contributed by atoms with van der Waals surface area (Å²) < 4.78 is 0. The van der Waals surface area contributed by atoms with E-state index in [2.05, 4.69) is 24.1 Å². The van der Waals surface area contributed by atoms with Crippen LogP contribution in [0.3, 0.4) is 0 Å². The molecule has 1 heterocycles. The molecule has 1 aliphatic carbocycles. The molecule has 0 aromatic rings. The van der Waals surface area contributed by atoms with Crippen molar-refractivity contribution in [3.63, 3.8) is 0 Å². The van der Waals surface area contributed by atoms with E-state index in [9.17, 15) is 0 Å². The quantitative estimate of drug-likeness (QED) is 0.726. The summed E-state index contributed by atoms with van der Waals surface area (Å²) in [5.74, 6) is 0. The average molecular weight is 224 g/mol. The van der Waals surface area contributed by atoms with Gasteiger partial charge in [-0.15, -0.1) is 0 Å². The third kappa shape index (κ3) is 2.60. The van der Waals surface area contributed by atoms with Gasteiger partial charge in [-0.1, -0.05) is 32.6 Å². The zero-order valence-electron chi connectivity index (χ0n) is 11.1. The molecule has 1 aliphatic heterocycles. The summed E-state index contributed by atoms with van der Waals surface area (Å²) in [7, 11) is 0. The van der Waals surface area contributed by atoms with E-state index >= 15 is 0 Å². The van der Waals surface area contributed by atoms with E-state index in [0.29, 0.717) is 5.54 Å². The second-order valence-corrected chi connectivity index (χ2v) is 5.87. The smallest absolute Gasteiger partial charge is 0.0306 e. The highest BCUT2D eigenvalue weighted by molar-refractivity contribution is 4.95. The number of nitrogens with zero attached hydrogens (tertiary/aromatic N) is 1. The fourth-order valence-corrected chi connectivity index (χ4v) is 3.45. The Hall–Kier alpha value is -0.0800. The van der Waals surface area contributed by atoms with E-state index in [1.165, 1.54) is 64.6 Å². The normalized spacial score (nSPS) is 34.9.